The zero-order valence-electron chi connectivity index (χ0n) is 7.20. The van der Waals surface area contributed by atoms with Crippen molar-refractivity contribution in [3.8, 4) is 0 Å². The Morgan fingerprint density at radius 3 is 2.93 bits per heavy atom. The van der Waals surface area contributed by atoms with Gasteiger partial charge in [0.1, 0.15) is 6.33 Å². The van der Waals surface area contributed by atoms with E-state index in [1.165, 1.54) is 29.6 Å². The average molecular weight is 189 g/mol. The van der Waals surface area contributed by atoms with Crippen molar-refractivity contribution in [2.75, 3.05) is 0 Å². The van der Waals surface area contributed by atoms with Gasteiger partial charge in [-0.25, -0.2) is 9.78 Å². The average Bonchev–Trinajstić information content (AvgIpc) is 2.72. The molecule has 0 spiro atoms. The minimum Gasteiger partial charge on any atom is -0.330 e. The second kappa shape index (κ2) is 3.69. The number of hydrogen-bond donors (Lipinski definition) is 0. The number of hydrogen-bond acceptors (Lipinski definition) is 4. The highest BCUT2D eigenvalue weighted by Crippen LogP contribution is 1.96. The maximum absolute atomic E-state index is 11.4. The van der Waals surface area contributed by atoms with Gasteiger partial charge in [-0.2, -0.15) is 4.73 Å². The zero-order valence-corrected chi connectivity index (χ0v) is 7.20. The Balaban J connectivity index is 2.11. The lowest BCUT2D eigenvalue weighted by Gasteiger charge is -2.01. The van der Waals surface area contributed by atoms with Crippen LogP contribution in [0.5, 0.6) is 0 Å². The number of carbonyl (C=O) groups is 1. The Morgan fingerprint density at radius 2 is 2.29 bits per heavy atom. The molecule has 0 atom stereocenters. The second-order valence-corrected chi connectivity index (χ2v) is 2.54. The molecule has 5 nitrogen and oxygen atoms in total. The molecule has 2 rings (SSSR count). The number of carbonyl (C=O) groups excluding carboxylic acids is 1. The zero-order chi connectivity index (χ0) is 9.80. The van der Waals surface area contributed by atoms with E-state index < -0.39 is 5.97 Å². The van der Waals surface area contributed by atoms with Gasteiger partial charge in [0.05, 0.1) is 11.8 Å². The van der Waals surface area contributed by atoms with Crippen LogP contribution in [0.1, 0.15) is 10.4 Å². The monoisotopic (exact) mass is 189 g/mol. The van der Waals surface area contributed by atoms with Crippen LogP contribution in [0.15, 0.2) is 43.2 Å². The van der Waals surface area contributed by atoms with E-state index in [1.54, 1.807) is 18.3 Å². The quantitative estimate of drug-likeness (QED) is 0.692. The third kappa shape index (κ3) is 1.77. The first-order valence-electron chi connectivity index (χ1n) is 3.97. The highest BCUT2D eigenvalue weighted by molar-refractivity contribution is 5.89. The molecule has 0 unspecified atom stereocenters. The number of nitrogens with zero attached hydrogens (tertiary/aromatic N) is 3. The van der Waals surface area contributed by atoms with Crippen LogP contribution in [0.25, 0.3) is 0 Å². The van der Waals surface area contributed by atoms with Crippen molar-refractivity contribution in [3.63, 3.8) is 0 Å². The summed E-state index contributed by atoms with van der Waals surface area (Å²) in [5.74, 6) is -0.462. The smallest absolute Gasteiger partial charge is 0.330 e. The summed E-state index contributed by atoms with van der Waals surface area (Å²) < 4.78 is 1.23. The predicted molar refractivity (Wildman–Crippen MR) is 47.4 cm³/mol. The molecule has 0 aliphatic heterocycles. The van der Waals surface area contributed by atoms with Crippen molar-refractivity contribution in [3.05, 3.63) is 48.8 Å². The molecule has 2 aromatic rings. The SMILES string of the molecule is O=C(On1ccnc1)c1cccnc1. The maximum atomic E-state index is 11.4. The van der Waals surface area contributed by atoms with Gasteiger partial charge in [-0.15, -0.1) is 0 Å². The van der Waals surface area contributed by atoms with Crippen molar-refractivity contribution in [1.29, 1.82) is 0 Å². The van der Waals surface area contributed by atoms with Crippen LogP contribution in [-0.2, 0) is 0 Å². The van der Waals surface area contributed by atoms with Crippen molar-refractivity contribution in [2.24, 2.45) is 0 Å². The van der Waals surface area contributed by atoms with Crippen molar-refractivity contribution in [2.45, 2.75) is 0 Å². The largest absolute Gasteiger partial charge is 0.365 e. The van der Waals surface area contributed by atoms with Gasteiger partial charge in [0.2, 0.25) is 0 Å². The van der Waals surface area contributed by atoms with E-state index in [1.807, 2.05) is 0 Å². The lowest BCUT2D eigenvalue weighted by atomic mass is 10.3. The van der Waals surface area contributed by atoms with Crippen LogP contribution < -0.4 is 4.84 Å². The van der Waals surface area contributed by atoms with E-state index in [-0.39, 0.29) is 0 Å². The van der Waals surface area contributed by atoms with Crippen molar-refractivity contribution >= 4 is 5.97 Å². The van der Waals surface area contributed by atoms with Gasteiger partial charge in [-0.05, 0) is 12.1 Å². The summed E-state index contributed by atoms with van der Waals surface area (Å²) in [6, 6.07) is 3.30. The Labute approximate surface area is 79.9 Å². The van der Waals surface area contributed by atoms with Gasteiger partial charge in [0, 0.05) is 18.6 Å². The van der Waals surface area contributed by atoms with E-state index in [2.05, 4.69) is 9.97 Å². The van der Waals surface area contributed by atoms with Gasteiger partial charge < -0.3 is 4.84 Å². The molecule has 0 N–H and O–H groups in total. The van der Waals surface area contributed by atoms with Crippen LogP contribution in [-0.4, -0.2) is 20.7 Å². The Bertz CT molecular complexity index is 411. The fourth-order valence-corrected chi connectivity index (χ4v) is 0.933. The van der Waals surface area contributed by atoms with E-state index in [4.69, 9.17) is 4.84 Å². The summed E-state index contributed by atoms with van der Waals surface area (Å²) in [5.41, 5.74) is 0.404. The van der Waals surface area contributed by atoms with Gasteiger partial charge in [0.25, 0.3) is 0 Å². The van der Waals surface area contributed by atoms with E-state index in [0.717, 1.165) is 0 Å². The first-order valence-corrected chi connectivity index (χ1v) is 3.97. The molecule has 2 aromatic heterocycles. The summed E-state index contributed by atoms with van der Waals surface area (Å²) in [6.45, 7) is 0. The normalized spacial score (nSPS) is 9.71. The maximum Gasteiger partial charge on any atom is 0.365 e. The van der Waals surface area contributed by atoms with Gasteiger partial charge in [-0.3, -0.25) is 4.98 Å². The minimum atomic E-state index is -0.462. The fourth-order valence-electron chi connectivity index (χ4n) is 0.933. The first kappa shape index (κ1) is 8.43. The highest BCUT2D eigenvalue weighted by atomic mass is 16.7. The molecular weight excluding hydrogens is 182 g/mol. The highest BCUT2D eigenvalue weighted by Gasteiger charge is 2.07. The van der Waals surface area contributed by atoms with Gasteiger partial charge in [-0.1, -0.05) is 0 Å². The molecule has 2 heterocycles. The summed E-state index contributed by atoms with van der Waals surface area (Å²) in [6.07, 6.45) is 7.49. The summed E-state index contributed by atoms with van der Waals surface area (Å²) in [7, 11) is 0. The molecule has 0 radical (unpaired) electrons. The van der Waals surface area contributed by atoms with Gasteiger partial charge in [0.15, 0.2) is 0 Å². The number of aromatic nitrogens is 3. The third-order valence-corrected chi connectivity index (χ3v) is 1.57. The molecule has 0 aliphatic rings. The lowest BCUT2D eigenvalue weighted by Crippen LogP contribution is -2.18. The molecular formula is C9H7N3O2. The van der Waals surface area contributed by atoms with Crippen LogP contribution in [0.4, 0.5) is 0 Å². The summed E-state index contributed by atoms with van der Waals surface area (Å²) in [5, 5.41) is 0. The molecule has 70 valence electrons. The van der Waals surface area contributed by atoms with Crippen LogP contribution in [0.2, 0.25) is 0 Å². The van der Waals surface area contributed by atoms with E-state index in [0.29, 0.717) is 5.56 Å². The summed E-state index contributed by atoms with van der Waals surface area (Å²) in [4.78, 5) is 23.9. The Hall–Kier alpha value is -2.17. The number of pyridine rings is 1. The molecule has 5 heteroatoms. The number of rotatable bonds is 2. The molecule has 0 saturated heterocycles. The van der Waals surface area contributed by atoms with Crippen LogP contribution in [0, 0.1) is 0 Å². The van der Waals surface area contributed by atoms with Gasteiger partial charge >= 0.3 is 5.97 Å². The molecule has 0 fully saturated rings. The van der Waals surface area contributed by atoms with E-state index >= 15 is 0 Å². The molecule has 0 saturated carbocycles. The lowest BCUT2D eigenvalue weighted by molar-refractivity contribution is 0.0460. The topological polar surface area (TPSA) is 57.0 Å². The van der Waals surface area contributed by atoms with Crippen molar-refractivity contribution in [1.82, 2.24) is 14.7 Å². The van der Waals surface area contributed by atoms with Crippen molar-refractivity contribution < 1.29 is 9.63 Å². The fraction of sp³-hybridized carbons (Fsp3) is 0. The first-order chi connectivity index (χ1) is 6.86. The molecule has 0 bridgehead atoms. The summed E-state index contributed by atoms with van der Waals surface area (Å²) >= 11 is 0. The predicted octanol–water partition coefficient (Wildman–Crippen LogP) is 0.547. The molecule has 0 aliphatic carbocycles. The molecule has 0 amide bonds. The third-order valence-electron chi connectivity index (χ3n) is 1.57. The molecule has 14 heavy (non-hydrogen) atoms. The Morgan fingerprint density at radius 1 is 1.36 bits per heavy atom. The Kier molecular flexibility index (Phi) is 2.22. The van der Waals surface area contributed by atoms with Crippen LogP contribution >= 0.6 is 0 Å². The van der Waals surface area contributed by atoms with Crippen LogP contribution in [0.3, 0.4) is 0 Å². The van der Waals surface area contributed by atoms with E-state index in [9.17, 15) is 4.79 Å². The standard InChI is InChI=1S/C9H7N3O2/c13-9(8-2-1-3-10-6-8)14-12-5-4-11-7-12/h1-7H. The number of imidazole rings is 1. The molecule has 0 aromatic carbocycles. The minimum absolute atomic E-state index is 0.404. The second-order valence-electron chi connectivity index (χ2n) is 2.54.